The van der Waals surface area contributed by atoms with E-state index in [0.29, 0.717) is 19.8 Å². The van der Waals surface area contributed by atoms with E-state index >= 15 is 0 Å². The van der Waals surface area contributed by atoms with Crippen molar-refractivity contribution in [1.29, 1.82) is 0 Å². The van der Waals surface area contributed by atoms with E-state index in [1.54, 1.807) is 0 Å². The van der Waals surface area contributed by atoms with Crippen molar-refractivity contribution in [2.24, 2.45) is 12.1 Å². The highest BCUT2D eigenvalue weighted by Gasteiger charge is 2.12. The van der Waals surface area contributed by atoms with Crippen LogP contribution in [-0.2, 0) is 27.9 Å². The van der Waals surface area contributed by atoms with Crippen LogP contribution in [0.5, 0.6) is 5.75 Å². The van der Waals surface area contributed by atoms with Gasteiger partial charge in [-0.25, -0.2) is 5.01 Å². The van der Waals surface area contributed by atoms with Crippen molar-refractivity contribution in [2.45, 2.75) is 46.9 Å². The molecule has 0 aliphatic carbocycles. The maximum absolute atomic E-state index is 5.85. The molecule has 0 radical (unpaired) electrons. The Kier molecular flexibility index (Phi) is 9.54. The quantitative estimate of drug-likeness (QED) is 0.0819. The van der Waals surface area contributed by atoms with Gasteiger partial charge < -0.3 is 23.5 Å². The molecule has 0 aliphatic heterocycles. The number of aryl methyl sites for hydroxylation is 1. The summed E-state index contributed by atoms with van der Waals surface area (Å²) in [6.07, 6.45) is 1.36. The monoisotopic (exact) mass is 565 g/mol. The smallest absolute Gasteiger partial charge is 0.196 e. The molecular formula is C35H39N3O4. The second kappa shape index (κ2) is 13.7. The number of hydrogen-bond acceptors (Lipinski definition) is 6. The number of fused-ring (bicyclic) bond motifs is 3. The third-order valence-corrected chi connectivity index (χ3v) is 7.09. The van der Waals surface area contributed by atoms with Crippen LogP contribution >= 0.6 is 0 Å². The molecule has 0 bridgehead atoms. The Morgan fingerprint density at radius 2 is 1.45 bits per heavy atom. The lowest BCUT2D eigenvalue weighted by atomic mass is 10.1. The molecule has 7 heteroatoms. The molecule has 4 aromatic carbocycles. The Balaban J connectivity index is 1.41. The standard InChI is InChI=1S/C35H39N3O4/c1-6-39-25(3)41-24-28-14-20-34-33(21-28)32-19-13-27(22-35(32)37(34)5)23-36-38(29-11-9-8-10-12-29)30-15-17-31(18-16-30)42-26(4)40-7-2/h8-23,25-26H,6-7,24H2,1-5H3. The molecule has 0 aliphatic rings. The molecule has 218 valence electrons. The minimum absolute atomic E-state index is 0.231. The van der Waals surface area contributed by atoms with Gasteiger partial charge in [0, 0.05) is 42.1 Å². The number of aromatic nitrogens is 1. The lowest BCUT2D eigenvalue weighted by Crippen LogP contribution is -2.16. The van der Waals surface area contributed by atoms with E-state index in [1.807, 2.05) is 93.5 Å². The molecule has 0 saturated carbocycles. The van der Waals surface area contributed by atoms with Gasteiger partial charge in [-0.2, -0.15) is 5.10 Å². The Morgan fingerprint density at radius 3 is 2.19 bits per heavy atom. The van der Waals surface area contributed by atoms with E-state index in [-0.39, 0.29) is 12.6 Å². The van der Waals surface area contributed by atoms with E-state index in [2.05, 4.69) is 48.0 Å². The lowest BCUT2D eigenvalue weighted by molar-refractivity contribution is -0.134. The maximum atomic E-state index is 5.85. The highest BCUT2D eigenvalue weighted by atomic mass is 16.7. The second-order valence-electron chi connectivity index (χ2n) is 10.0. The number of rotatable bonds is 13. The molecular weight excluding hydrogens is 526 g/mol. The van der Waals surface area contributed by atoms with Crippen LogP contribution in [0.2, 0.25) is 0 Å². The first-order valence-corrected chi connectivity index (χ1v) is 14.5. The normalized spacial score (nSPS) is 13.2. The van der Waals surface area contributed by atoms with Crippen LogP contribution < -0.4 is 9.75 Å². The maximum Gasteiger partial charge on any atom is 0.196 e. The van der Waals surface area contributed by atoms with Gasteiger partial charge in [0.25, 0.3) is 0 Å². The molecule has 0 amide bonds. The zero-order valence-corrected chi connectivity index (χ0v) is 25.0. The van der Waals surface area contributed by atoms with Crippen LogP contribution in [0.15, 0.2) is 96.1 Å². The summed E-state index contributed by atoms with van der Waals surface area (Å²) < 4.78 is 24.9. The molecule has 2 atom stereocenters. The summed E-state index contributed by atoms with van der Waals surface area (Å²) in [7, 11) is 2.10. The largest absolute Gasteiger partial charge is 0.465 e. The molecule has 42 heavy (non-hydrogen) atoms. The summed E-state index contributed by atoms with van der Waals surface area (Å²) in [5, 5.41) is 9.24. The summed E-state index contributed by atoms with van der Waals surface area (Å²) in [6, 6.07) is 31.0. The molecule has 1 aromatic heterocycles. The molecule has 2 unspecified atom stereocenters. The first-order chi connectivity index (χ1) is 20.5. The Labute approximate surface area is 247 Å². The fourth-order valence-corrected chi connectivity index (χ4v) is 5.04. The molecule has 0 fully saturated rings. The van der Waals surface area contributed by atoms with E-state index in [0.717, 1.165) is 33.8 Å². The first-order valence-electron chi connectivity index (χ1n) is 14.5. The van der Waals surface area contributed by atoms with Crippen molar-refractivity contribution >= 4 is 39.4 Å². The Bertz CT molecular complexity index is 1630. The Morgan fingerprint density at radius 1 is 0.738 bits per heavy atom. The van der Waals surface area contributed by atoms with E-state index < -0.39 is 0 Å². The third kappa shape index (κ3) is 6.82. The van der Waals surface area contributed by atoms with Gasteiger partial charge in [0.15, 0.2) is 12.6 Å². The van der Waals surface area contributed by atoms with Gasteiger partial charge in [-0.3, -0.25) is 0 Å². The zero-order chi connectivity index (χ0) is 29.5. The van der Waals surface area contributed by atoms with Crippen molar-refractivity contribution in [2.75, 3.05) is 18.2 Å². The average molecular weight is 566 g/mol. The van der Waals surface area contributed by atoms with Gasteiger partial charge in [0.05, 0.1) is 24.2 Å². The van der Waals surface area contributed by atoms with E-state index in [1.165, 1.54) is 16.3 Å². The van der Waals surface area contributed by atoms with E-state index in [9.17, 15) is 0 Å². The molecule has 5 aromatic rings. The predicted molar refractivity (Wildman–Crippen MR) is 171 cm³/mol. The summed E-state index contributed by atoms with van der Waals surface area (Å²) >= 11 is 0. The van der Waals surface area contributed by atoms with Crippen LogP contribution in [0.25, 0.3) is 21.8 Å². The van der Waals surface area contributed by atoms with Crippen LogP contribution in [-0.4, -0.2) is 36.6 Å². The number of anilines is 2. The Hall–Kier alpha value is -4.17. The SMILES string of the molecule is CCOC(C)OCc1ccc2c(c1)c1ccc(C=NN(c3ccccc3)c3ccc(OC(C)OCC)cc3)cc1n2C. The fraction of sp³-hybridized carbons (Fsp3) is 0.286. The highest BCUT2D eigenvalue weighted by Crippen LogP contribution is 2.31. The van der Waals surface area contributed by atoms with Gasteiger partial charge >= 0.3 is 0 Å². The van der Waals surface area contributed by atoms with Crippen LogP contribution in [0.1, 0.15) is 38.8 Å². The number of para-hydroxylation sites is 1. The minimum atomic E-state index is -0.308. The average Bonchev–Trinajstić information content (AvgIpc) is 3.28. The number of hydrogen-bond donors (Lipinski definition) is 0. The van der Waals surface area contributed by atoms with Gasteiger partial charge in [-0.15, -0.1) is 0 Å². The van der Waals surface area contributed by atoms with Gasteiger partial charge in [-0.1, -0.05) is 36.4 Å². The first kappa shape index (κ1) is 29.3. The third-order valence-electron chi connectivity index (χ3n) is 7.09. The highest BCUT2D eigenvalue weighted by molar-refractivity contribution is 6.09. The van der Waals surface area contributed by atoms with Crippen molar-refractivity contribution in [1.82, 2.24) is 4.57 Å². The van der Waals surface area contributed by atoms with E-state index in [4.69, 9.17) is 24.0 Å². The van der Waals surface area contributed by atoms with Crippen molar-refractivity contribution < 1.29 is 18.9 Å². The van der Waals surface area contributed by atoms with Gasteiger partial charge in [-0.05, 0) is 93.4 Å². The number of nitrogens with zero attached hydrogens (tertiary/aromatic N) is 3. The number of hydrazone groups is 1. The zero-order valence-electron chi connectivity index (χ0n) is 25.0. The van der Waals surface area contributed by atoms with Gasteiger partial charge in [0.1, 0.15) is 5.75 Å². The van der Waals surface area contributed by atoms with Crippen LogP contribution in [0.3, 0.4) is 0 Å². The van der Waals surface area contributed by atoms with Crippen LogP contribution in [0.4, 0.5) is 11.4 Å². The molecule has 0 N–H and O–H groups in total. The topological polar surface area (TPSA) is 57.5 Å². The number of ether oxygens (including phenoxy) is 4. The molecule has 7 nitrogen and oxygen atoms in total. The number of benzene rings is 4. The molecule has 0 saturated heterocycles. The molecule has 5 rings (SSSR count). The van der Waals surface area contributed by atoms with Crippen LogP contribution in [0, 0.1) is 0 Å². The van der Waals surface area contributed by atoms with Gasteiger partial charge in [0.2, 0.25) is 0 Å². The van der Waals surface area contributed by atoms with Crippen molar-refractivity contribution in [3.63, 3.8) is 0 Å². The second-order valence-corrected chi connectivity index (χ2v) is 10.0. The summed E-state index contributed by atoms with van der Waals surface area (Å²) in [5.74, 6) is 0.747. The predicted octanol–water partition coefficient (Wildman–Crippen LogP) is 8.16. The molecule has 1 heterocycles. The summed E-state index contributed by atoms with van der Waals surface area (Å²) in [5.41, 5.74) is 6.33. The fourth-order valence-electron chi connectivity index (χ4n) is 5.04. The lowest BCUT2D eigenvalue weighted by Gasteiger charge is -2.20. The molecule has 0 spiro atoms. The van der Waals surface area contributed by atoms with Crippen molar-refractivity contribution in [3.05, 3.63) is 102 Å². The summed E-state index contributed by atoms with van der Waals surface area (Å²) in [6.45, 7) is 9.48. The summed E-state index contributed by atoms with van der Waals surface area (Å²) in [4.78, 5) is 0. The minimum Gasteiger partial charge on any atom is -0.465 e. The van der Waals surface area contributed by atoms with Crippen molar-refractivity contribution in [3.8, 4) is 5.75 Å².